The van der Waals surface area contributed by atoms with Gasteiger partial charge in [0.2, 0.25) is 0 Å². The largest absolute Gasteiger partial charge is 0.496 e. The van der Waals surface area contributed by atoms with Gasteiger partial charge in [0, 0.05) is 18.4 Å². The van der Waals surface area contributed by atoms with E-state index < -0.39 is 11.6 Å². The Morgan fingerprint density at radius 2 is 2.24 bits per heavy atom. The van der Waals surface area contributed by atoms with Crippen molar-refractivity contribution in [1.29, 1.82) is 0 Å². The average molecular weight is 236 g/mol. The minimum Gasteiger partial charge on any atom is -0.496 e. The molecule has 0 radical (unpaired) electrons. The first-order chi connectivity index (χ1) is 8.10. The molecule has 1 N–H and O–H groups in total. The summed E-state index contributed by atoms with van der Waals surface area (Å²) in [5, 5.41) is 10.3. The summed E-state index contributed by atoms with van der Waals surface area (Å²) in [5.41, 5.74) is 0.401. The van der Waals surface area contributed by atoms with E-state index in [1.54, 1.807) is 14.0 Å². The fraction of sp³-hybridized carbons (Fsp3) is 0.462. The highest BCUT2D eigenvalue weighted by atomic mass is 16.5. The predicted octanol–water partition coefficient (Wildman–Crippen LogP) is 1.09. The highest BCUT2D eigenvalue weighted by Gasteiger charge is 2.44. The molecular weight excluding hydrogens is 220 g/mol. The number of carbonyl (C=O) groups excluding carboxylic acids is 1. The Morgan fingerprint density at radius 1 is 1.47 bits per heavy atom. The lowest BCUT2D eigenvalue weighted by Gasteiger charge is -2.19. The fourth-order valence-corrected chi connectivity index (χ4v) is 2.25. The maximum atomic E-state index is 11.7. The molecule has 0 bridgehead atoms. The number of esters is 1. The Kier molecular flexibility index (Phi) is 3.07. The van der Waals surface area contributed by atoms with Crippen LogP contribution in [0.3, 0.4) is 0 Å². The quantitative estimate of drug-likeness (QED) is 0.798. The van der Waals surface area contributed by atoms with Crippen molar-refractivity contribution in [2.75, 3.05) is 13.7 Å². The van der Waals surface area contributed by atoms with E-state index in [-0.39, 0.29) is 13.0 Å². The maximum absolute atomic E-state index is 11.7. The minimum atomic E-state index is -1.44. The molecule has 92 valence electrons. The number of methoxy groups -OCH3 is 1. The summed E-state index contributed by atoms with van der Waals surface area (Å²) in [4.78, 5) is 11.7. The van der Waals surface area contributed by atoms with Crippen LogP contribution in [0.1, 0.15) is 18.1 Å². The van der Waals surface area contributed by atoms with Crippen LogP contribution >= 0.6 is 0 Å². The summed E-state index contributed by atoms with van der Waals surface area (Å²) in [5.74, 6) is 0.154. The topological polar surface area (TPSA) is 55.8 Å². The zero-order valence-corrected chi connectivity index (χ0v) is 10.0. The normalized spacial score (nSPS) is 22.1. The summed E-state index contributed by atoms with van der Waals surface area (Å²) in [7, 11) is 1.58. The van der Waals surface area contributed by atoms with Crippen LogP contribution in [0, 0.1) is 0 Å². The van der Waals surface area contributed by atoms with E-state index in [9.17, 15) is 9.90 Å². The molecule has 4 heteroatoms. The van der Waals surface area contributed by atoms with Gasteiger partial charge < -0.3 is 14.6 Å². The molecule has 0 aliphatic heterocycles. The first-order valence-corrected chi connectivity index (χ1v) is 5.65. The second-order valence-corrected chi connectivity index (χ2v) is 4.20. The van der Waals surface area contributed by atoms with Crippen molar-refractivity contribution in [2.24, 2.45) is 0 Å². The van der Waals surface area contributed by atoms with E-state index in [2.05, 4.69) is 0 Å². The van der Waals surface area contributed by atoms with Gasteiger partial charge in [-0.05, 0) is 18.6 Å². The molecule has 0 heterocycles. The van der Waals surface area contributed by atoms with Crippen LogP contribution in [-0.4, -0.2) is 30.4 Å². The van der Waals surface area contributed by atoms with Gasteiger partial charge in [-0.15, -0.1) is 0 Å². The Labute approximate surface area is 100 Å². The van der Waals surface area contributed by atoms with E-state index in [0.29, 0.717) is 12.2 Å². The summed E-state index contributed by atoms with van der Waals surface area (Å²) in [6, 6.07) is 5.58. The van der Waals surface area contributed by atoms with Crippen LogP contribution in [-0.2, 0) is 22.4 Å². The number of rotatable bonds is 3. The molecule has 0 unspecified atom stereocenters. The Morgan fingerprint density at radius 3 is 2.88 bits per heavy atom. The van der Waals surface area contributed by atoms with Crippen molar-refractivity contribution in [1.82, 2.24) is 0 Å². The number of hydrogen-bond donors (Lipinski definition) is 1. The van der Waals surface area contributed by atoms with E-state index in [1.165, 1.54) is 0 Å². The molecule has 0 saturated heterocycles. The zero-order chi connectivity index (χ0) is 12.5. The van der Waals surface area contributed by atoms with Crippen molar-refractivity contribution < 1.29 is 19.4 Å². The number of benzene rings is 1. The minimum absolute atomic E-state index is 0.255. The van der Waals surface area contributed by atoms with Gasteiger partial charge in [0.15, 0.2) is 5.60 Å². The lowest BCUT2D eigenvalue weighted by Crippen LogP contribution is -2.41. The zero-order valence-electron chi connectivity index (χ0n) is 10.0. The van der Waals surface area contributed by atoms with Crippen molar-refractivity contribution in [2.45, 2.75) is 25.4 Å². The van der Waals surface area contributed by atoms with E-state index in [4.69, 9.17) is 9.47 Å². The van der Waals surface area contributed by atoms with Gasteiger partial charge in [-0.3, -0.25) is 0 Å². The van der Waals surface area contributed by atoms with Crippen LogP contribution in [0.5, 0.6) is 5.75 Å². The number of carbonyl (C=O) groups is 1. The second kappa shape index (κ2) is 4.37. The van der Waals surface area contributed by atoms with Crippen LogP contribution in [0.2, 0.25) is 0 Å². The smallest absolute Gasteiger partial charge is 0.338 e. The van der Waals surface area contributed by atoms with E-state index >= 15 is 0 Å². The fourth-order valence-electron chi connectivity index (χ4n) is 2.25. The van der Waals surface area contributed by atoms with Gasteiger partial charge in [0.1, 0.15) is 5.75 Å². The molecule has 1 atom stereocenters. The van der Waals surface area contributed by atoms with Gasteiger partial charge in [0.25, 0.3) is 0 Å². The third kappa shape index (κ3) is 2.00. The number of aliphatic hydroxyl groups is 1. The molecule has 0 aromatic heterocycles. The maximum Gasteiger partial charge on any atom is 0.338 e. The Balaban J connectivity index is 2.29. The average Bonchev–Trinajstić information content (AvgIpc) is 2.66. The van der Waals surface area contributed by atoms with Gasteiger partial charge in [-0.1, -0.05) is 12.1 Å². The van der Waals surface area contributed by atoms with Gasteiger partial charge in [-0.2, -0.15) is 0 Å². The SMILES string of the molecule is CCOC(=O)[C@@]1(O)Cc2cccc(OC)c2C1. The molecular formula is C13H16O4. The van der Waals surface area contributed by atoms with E-state index in [1.807, 2.05) is 18.2 Å². The molecule has 1 aromatic rings. The Bertz CT molecular complexity index is 441. The van der Waals surface area contributed by atoms with Crippen molar-refractivity contribution in [3.63, 3.8) is 0 Å². The van der Waals surface area contributed by atoms with E-state index in [0.717, 1.165) is 11.1 Å². The lowest BCUT2D eigenvalue weighted by atomic mass is 10.0. The highest BCUT2D eigenvalue weighted by molar-refractivity contribution is 5.82. The molecule has 1 aromatic carbocycles. The van der Waals surface area contributed by atoms with Crippen LogP contribution in [0.25, 0.3) is 0 Å². The summed E-state index contributed by atoms with van der Waals surface area (Å²) < 4.78 is 10.1. The standard InChI is InChI=1S/C13H16O4/c1-3-17-12(14)13(15)7-9-5-4-6-11(16-2)10(9)8-13/h4-6,15H,3,7-8H2,1-2H3/t13-/m1/s1. The molecule has 2 rings (SSSR count). The van der Waals surface area contributed by atoms with Crippen LogP contribution < -0.4 is 4.74 Å². The molecule has 1 aliphatic carbocycles. The molecule has 0 amide bonds. The van der Waals surface area contributed by atoms with Gasteiger partial charge >= 0.3 is 5.97 Å². The third-order valence-electron chi connectivity index (χ3n) is 3.06. The monoisotopic (exact) mass is 236 g/mol. The molecule has 1 aliphatic rings. The van der Waals surface area contributed by atoms with Crippen LogP contribution in [0.15, 0.2) is 18.2 Å². The third-order valence-corrected chi connectivity index (χ3v) is 3.06. The molecule has 0 fully saturated rings. The van der Waals surface area contributed by atoms with Gasteiger partial charge in [-0.25, -0.2) is 4.79 Å². The number of ether oxygens (including phenoxy) is 2. The summed E-state index contributed by atoms with van der Waals surface area (Å²) >= 11 is 0. The molecule has 17 heavy (non-hydrogen) atoms. The second-order valence-electron chi connectivity index (χ2n) is 4.20. The lowest BCUT2D eigenvalue weighted by molar-refractivity contribution is -0.163. The first kappa shape index (κ1) is 11.9. The number of hydrogen-bond acceptors (Lipinski definition) is 4. The Hall–Kier alpha value is -1.55. The first-order valence-electron chi connectivity index (χ1n) is 5.65. The van der Waals surface area contributed by atoms with Crippen molar-refractivity contribution >= 4 is 5.97 Å². The summed E-state index contributed by atoms with van der Waals surface area (Å²) in [6.07, 6.45) is 0.545. The number of fused-ring (bicyclic) bond motifs is 1. The van der Waals surface area contributed by atoms with Crippen LogP contribution in [0.4, 0.5) is 0 Å². The van der Waals surface area contributed by atoms with Crippen molar-refractivity contribution in [3.05, 3.63) is 29.3 Å². The predicted molar refractivity (Wildman–Crippen MR) is 62.0 cm³/mol. The van der Waals surface area contributed by atoms with Gasteiger partial charge in [0.05, 0.1) is 13.7 Å². The summed E-state index contributed by atoms with van der Waals surface area (Å²) in [6.45, 7) is 2.00. The van der Waals surface area contributed by atoms with Crippen molar-refractivity contribution in [3.8, 4) is 5.75 Å². The molecule has 4 nitrogen and oxygen atoms in total. The molecule has 0 saturated carbocycles. The molecule has 0 spiro atoms. The highest BCUT2D eigenvalue weighted by Crippen LogP contribution is 2.36.